The Morgan fingerprint density at radius 3 is 1.30 bits per heavy atom. The molecule has 2 unspecified atom stereocenters. The van der Waals surface area contributed by atoms with Crippen molar-refractivity contribution < 1.29 is 16.5 Å². The molecular formula is C25H50O4Si4. The summed E-state index contributed by atoms with van der Waals surface area (Å²) in [7, 11) is -8.54. The molecule has 0 radical (unpaired) electrons. The Labute approximate surface area is 210 Å². The van der Waals surface area contributed by atoms with Gasteiger partial charge < -0.3 is 16.5 Å². The third-order valence-electron chi connectivity index (χ3n) is 5.43. The maximum atomic E-state index is 6.74. The molecule has 33 heavy (non-hydrogen) atoms. The molecule has 1 aliphatic rings. The van der Waals surface area contributed by atoms with Crippen LogP contribution in [0.3, 0.4) is 0 Å². The second-order valence-corrected chi connectivity index (χ2v) is 18.7. The van der Waals surface area contributed by atoms with Crippen molar-refractivity contribution >= 4 is 36.4 Å². The molecule has 0 saturated carbocycles. The van der Waals surface area contributed by atoms with Gasteiger partial charge in [-0.3, -0.25) is 0 Å². The maximum absolute atomic E-state index is 6.74. The Kier molecular flexibility index (Phi) is 18.5. The quantitative estimate of drug-likeness (QED) is 0.161. The van der Waals surface area contributed by atoms with Gasteiger partial charge in [0.05, 0.1) is 0 Å². The highest BCUT2D eigenvalue weighted by Gasteiger charge is 2.39. The fraction of sp³-hybridized carbons (Fsp3) is 0.680. The Morgan fingerprint density at radius 1 is 0.545 bits per heavy atom. The van der Waals surface area contributed by atoms with E-state index in [1.165, 1.54) is 51.4 Å². The molecule has 1 aliphatic heterocycles. The zero-order valence-electron chi connectivity index (χ0n) is 22.0. The van der Waals surface area contributed by atoms with Crippen molar-refractivity contribution in [3.63, 3.8) is 0 Å². The fourth-order valence-corrected chi connectivity index (χ4v) is 16.7. The van der Waals surface area contributed by atoms with Crippen LogP contribution in [0.15, 0.2) is 47.1 Å². The minimum absolute atomic E-state index is 1.07. The Balaban J connectivity index is 3.06. The van der Waals surface area contributed by atoms with Gasteiger partial charge in [0.1, 0.15) is 0 Å². The van der Waals surface area contributed by atoms with Crippen LogP contribution in [0.1, 0.15) is 105 Å². The fourth-order valence-electron chi connectivity index (χ4n) is 3.39. The average Bonchev–Trinajstić information content (AvgIpc) is 2.78. The lowest BCUT2D eigenvalue weighted by molar-refractivity contribution is 0.291. The summed E-state index contributed by atoms with van der Waals surface area (Å²) < 4.78 is 26.7. The summed E-state index contributed by atoms with van der Waals surface area (Å²) in [6.07, 6.45) is 22.9. The summed E-state index contributed by atoms with van der Waals surface area (Å²) in [4.78, 5) is 0. The highest BCUT2D eigenvalue weighted by Crippen LogP contribution is 2.20. The molecule has 1 heterocycles. The molecule has 0 spiro atoms. The van der Waals surface area contributed by atoms with Crippen LogP contribution in [0.5, 0.6) is 0 Å². The van der Waals surface area contributed by atoms with E-state index in [4.69, 9.17) is 16.5 Å². The molecule has 190 valence electrons. The van der Waals surface area contributed by atoms with Crippen LogP contribution < -0.4 is 0 Å². The van der Waals surface area contributed by atoms with Crippen LogP contribution in [0.2, 0.25) is 6.55 Å². The van der Waals surface area contributed by atoms with Crippen molar-refractivity contribution in [3.8, 4) is 0 Å². The summed E-state index contributed by atoms with van der Waals surface area (Å²) in [5.74, 6) is 0. The largest absolute Gasteiger partial charge is 0.414 e. The van der Waals surface area contributed by atoms with Crippen molar-refractivity contribution in [1.82, 2.24) is 0 Å². The molecule has 0 aromatic heterocycles. The molecule has 0 bridgehead atoms. The van der Waals surface area contributed by atoms with E-state index in [9.17, 15) is 0 Å². The van der Waals surface area contributed by atoms with Gasteiger partial charge in [-0.05, 0) is 37.9 Å². The van der Waals surface area contributed by atoms with E-state index in [2.05, 4.69) is 81.3 Å². The zero-order chi connectivity index (χ0) is 24.2. The Hall–Kier alpha value is -0.332. The number of rotatable bonds is 16. The van der Waals surface area contributed by atoms with Crippen LogP contribution in [-0.2, 0) is 16.5 Å². The van der Waals surface area contributed by atoms with E-state index in [-0.39, 0.29) is 0 Å². The number of allylic oxidation sites excluding steroid dienone is 4. The topological polar surface area (TPSA) is 36.9 Å². The molecule has 1 saturated heterocycles. The predicted octanol–water partition coefficient (Wildman–Crippen LogP) is 6.94. The first kappa shape index (κ1) is 30.7. The van der Waals surface area contributed by atoms with Gasteiger partial charge in [0, 0.05) is 0 Å². The lowest BCUT2D eigenvalue weighted by Crippen LogP contribution is -2.53. The van der Waals surface area contributed by atoms with Gasteiger partial charge in [-0.15, -0.1) is 0 Å². The van der Waals surface area contributed by atoms with Crippen LogP contribution >= 0.6 is 0 Å². The number of hydrogen-bond acceptors (Lipinski definition) is 4. The van der Waals surface area contributed by atoms with E-state index in [0.29, 0.717) is 0 Å². The summed E-state index contributed by atoms with van der Waals surface area (Å²) in [6.45, 7) is 11.1. The van der Waals surface area contributed by atoms with Gasteiger partial charge in [-0.25, -0.2) is 0 Å². The molecule has 4 nitrogen and oxygen atoms in total. The SMILES string of the molecule is CCCCC=C[SiH]1O[SiH](C=CCCCC)O[Si](C)(C=CCCCC)O[SiH](C=CCCCC)O1. The average molecular weight is 527 g/mol. The first-order chi connectivity index (χ1) is 16.1. The third-order valence-corrected chi connectivity index (χ3v) is 17.9. The van der Waals surface area contributed by atoms with Crippen LogP contribution in [-0.4, -0.2) is 36.4 Å². The molecule has 0 amide bonds. The van der Waals surface area contributed by atoms with Crippen LogP contribution in [0, 0.1) is 0 Å². The lowest BCUT2D eigenvalue weighted by atomic mass is 10.2. The van der Waals surface area contributed by atoms with Crippen molar-refractivity contribution in [3.05, 3.63) is 47.1 Å². The summed E-state index contributed by atoms with van der Waals surface area (Å²) >= 11 is 0. The highest BCUT2D eigenvalue weighted by molar-refractivity contribution is 6.86. The van der Waals surface area contributed by atoms with Gasteiger partial charge in [0.15, 0.2) is 0 Å². The molecule has 8 heteroatoms. The second kappa shape index (κ2) is 19.9. The van der Waals surface area contributed by atoms with E-state index < -0.39 is 36.4 Å². The van der Waals surface area contributed by atoms with Gasteiger partial charge in [-0.2, -0.15) is 0 Å². The van der Waals surface area contributed by atoms with Crippen LogP contribution in [0.25, 0.3) is 0 Å². The van der Waals surface area contributed by atoms with E-state index in [0.717, 1.165) is 25.7 Å². The first-order valence-electron chi connectivity index (χ1n) is 13.4. The molecule has 2 atom stereocenters. The molecule has 0 aromatic rings. The van der Waals surface area contributed by atoms with Gasteiger partial charge in [-0.1, -0.05) is 120 Å². The summed E-state index contributed by atoms with van der Waals surface area (Å²) in [5, 5.41) is 0. The standard InChI is InChI=1S/C25H50O4Si4/c1-6-10-14-18-22-30-26-31(23-19-15-11-7-2)28-33(5,25-21-17-13-9-4)29-32(27-30)24-20-16-12-8-3/h18-25,30-32H,6-17H2,1-5H3. The van der Waals surface area contributed by atoms with E-state index in [1.807, 2.05) is 0 Å². The van der Waals surface area contributed by atoms with Crippen LogP contribution in [0.4, 0.5) is 0 Å². The van der Waals surface area contributed by atoms with E-state index >= 15 is 0 Å². The molecule has 1 rings (SSSR count). The molecule has 0 N–H and O–H groups in total. The van der Waals surface area contributed by atoms with Crippen molar-refractivity contribution in [2.75, 3.05) is 0 Å². The third kappa shape index (κ3) is 15.3. The minimum atomic E-state index is -2.52. The molecular weight excluding hydrogens is 477 g/mol. The smallest absolute Gasteiger partial charge is 0.344 e. The molecule has 0 aliphatic carbocycles. The maximum Gasteiger partial charge on any atom is 0.344 e. The zero-order valence-corrected chi connectivity index (χ0v) is 26.4. The Morgan fingerprint density at radius 2 is 0.909 bits per heavy atom. The second-order valence-electron chi connectivity index (χ2n) is 8.88. The predicted molar refractivity (Wildman–Crippen MR) is 152 cm³/mol. The van der Waals surface area contributed by atoms with Gasteiger partial charge in [0.2, 0.25) is 0 Å². The van der Waals surface area contributed by atoms with Gasteiger partial charge >= 0.3 is 36.4 Å². The molecule has 1 fully saturated rings. The lowest BCUT2D eigenvalue weighted by Gasteiger charge is -2.36. The van der Waals surface area contributed by atoms with Crippen molar-refractivity contribution in [1.29, 1.82) is 0 Å². The minimum Gasteiger partial charge on any atom is -0.414 e. The van der Waals surface area contributed by atoms with Crippen molar-refractivity contribution in [2.24, 2.45) is 0 Å². The highest BCUT2D eigenvalue weighted by atomic mass is 28.5. The van der Waals surface area contributed by atoms with Crippen molar-refractivity contribution in [2.45, 2.75) is 111 Å². The molecule has 0 aromatic carbocycles. The number of hydrogen-bond donors (Lipinski definition) is 0. The Bertz CT molecular complexity index is 565. The van der Waals surface area contributed by atoms with Gasteiger partial charge in [0.25, 0.3) is 0 Å². The monoisotopic (exact) mass is 526 g/mol. The summed E-state index contributed by atoms with van der Waals surface area (Å²) in [6, 6.07) is 0. The van der Waals surface area contributed by atoms with E-state index in [1.54, 1.807) is 0 Å². The number of unbranched alkanes of at least 4 members (excludes halogenated alkanes) is 8. The first-order valence-corrected chi connectivity index (χ1v) is 20.6. The summed E-state index contributed by atoms with van der Waals surface area (Å²) in [5.41, 5.74) is 8.87. The normalized spacial score (nSPS) is 27.2.